The standard InChI is InChI=1S/C25H41N3O5/c1-9-10-15-26-22(30)21(18-13-11-12-14-19(18)29)28(17(4)5)23(31)20(16(2)3)27-24(32)33-25(6,7)8/h11-14,16-17,20-21,29H,9-10,15H2,1-8H3,(H,26,30)(H,27,32). The number of rotatable bonds is 10. The van der Waals surface area contributed by atoms with E-state index in [-0.39, 0.29) is 23.6 Å². The molecule has 3 amide bonds. The van der Waals surface area contributed by atoms with E-state index < -0.39 is 29.7 Å². The van der Waals surface area contributed by atoms with Crippen LogP contribution in [0.15, 0.2) is 24.3 Å². The zero-order valence-corrected chi connectivity index (χ0v) is 21.3. The van der Waals surface area contributed by atoms with Crippen molar-refractivity contribution in [2.45, 2.75) is 92.0 Å². The Morgan fingerprint density at radius 2 is 1.70 bits per heavy atom. The second-order valence-corrected chi connectivity index (χ2v) is 9.81. The summed E-state index contributed by atoms with van der Waals surface area (Å²) in [5.74, 6) is -1.15. The molecule has 0 aliphatic rings. The van der Waals surface area contributed by atoms with Crippen LogP contribution in [0.4, 0.5) is 4.79 Å². The molecule has 8 heteroatoms. The molecule has 2 unspecified atom stereocenters. The average molecular weight is 464 g/mol. The van der Waals surface area contributed by atoms with Gasteiger partial charge in [0, 0.05) is 18.2 Å². The molecule has 0 aliphatic heterocycles. The highest BCUT2D eigenvalue weighted by Crippen LogP contribution is 2.31. The summed E-state index contributed by atoms with van der Waals surface area (Å²) < 4.78 is 5.35. The minimum Gasteiger partial charge on any atom is -0.508 e. The second-order valence-electron chi connectivity index (χ2n) is 9.81. The highest BCUT2D eigenvalue weighted by Gasteiger charge is 2.39. The van der Waals surface area contributed by atoms with Gasteiger partial charge in [-0.15, -0.1) is 0 Å². The maximum absolute atomic E-state index is 13.8. The van der Waals surface area contributed by atoms with E-state index in [1.165, 1.54) is 11.0 Å². The molecule has 3 N–H and O–H groups in total. The number of carbonyl (C=O) groups is 3. The Bertz CT molecular complexity index is 801. The van der Waals surface area contributed by atoms with E-state index in [0.717, 1.165) is 12.8 Å². The van der Waals surface area contributed by atoms with Crippen LogP contribution in [0.5, 0.6) is 5.75 Å². The molecule has 186 valence electrons. The lowest BCUT2D eigenvalue weighted by atomic mass is 9.97. The summed E-state index contributed by atoms with van der Waals surface area (Å²) in [6.45, 7) is 14.9. The molecule has 0 aromatic heterocycles. The number of hydrogen-bond donors (Lipinski definition) is 3. The van der Waals surface area contributed by atoms with Crippen molar-refractivity contribution < 1.29 is 24.2 Å². The van der Waals surface area contributed by atoms with Gasteiger partial charge >= 0.3 is 6.09 Å². The van der Waals surface area contributed by atoms with Crippen molar-refractivity contribution in [3.8, 4) is 5.75 Å². The number of nitrogens with one attached hydrogen (secondary N) is 2. The van der Waals surface area contributed by atoms with Crippen LogP contribution >= 0.6 is 0 Å². The number of phenols is 1. The summed E-state index contributed by atoms with van der Waals surface area (Å²) in [6.07, 6.45) is 0.998. The number of unbranched alkanes of at least 4 members (excludes halogenated alkanes) is 1. The Morgan fingerprint density at radius 1 is 1.09 bits per heavy atom. The summed E-state index contributed by atoms with van der Waals surface area (Å²) in [5.41, 5.74) is -0.391. The third-order valence-electron chi connectivity index (χ3n) is 5.00. The maximum atomic E-state index is 13.8. The number of benzene rings is 1. The summed E-state index contributed by atoms with van der Waals surface area (Å²) in [5, 5.41) is 16.1. The lowest BCUT2D eigenvalue weighted by Crippen LogP contribution is -2.56. The largest absolute Gasteiger partial charge is 0.508 e. The fourth-order valence-electron chi connectivity index (χ4n) is 3.41. The number of hydrogen-bond acceptors (Lipinski definition) is 5. The first-order chi connectivity index (χ1) is 15.3. The lowest BCUT2D eigenvalue weighted by Gasteiger charge is -2.38. The molecule has 33 heavy (non-hydrogen) atoms. The Kier molecular flexibility index (Phi) is 10.7. The molecular formula is C25H41N3O5. The number of carbonyl (C=O) groups excluding carboxylic acids is 3. The molecule has 8 nitrogen and oxygen atoms in total. The molecule has 1 aromatic carbocycles. The number of phenolic OH excluding ortho intramolecular Hbond substituents is 1. The van der Waals surface area contributed by atoms with Crippen LogP contribution in [0.2, 0.25) is 0 Å². The molecule has 2 atom stereocenters. The van der Waals surface area contributed by atoms with E-state index in [0.29, 0.717) is 12.1 Å². The van der Waals surface area contributed by atoms with E-state index in [1.54, 1.807) is 52.8 Å². The zero-order chi connectivity index (χ0) is 25.3. The SMILES string of the molecule is CCCCNC(=O)C(c1ccccc1O)N(C(=O)C(NC(=O)OC(C)(C)C)C(C)C)C(C)C. The Balaban J connectivity index is 3.39. The van der Waals surface area contributed by atoms with Crippen LogP contribution in [0, 0.1) is 5.92 Å². The van der Waals surface area contributed by atoms with Crippen LogP contribution in [0.25, 0.3) is 0 Å². The van der Waals surface area contributed by atoms with Gasteiger partial charge in [-0.3, -0.25) is 9.59 Å². The highest BCUT2D eigenvalue weighted by atomic mass is 16.6. The highest BCUT2D eigenvalue weighted by molar-refractivity contribution is 5.92. The van der Waals surface area contributed by atoms with Gasteiger partial charge in [0.2, 0.25) is 11.8 Å². The van der Waals surface area contributed by atoms with Crippen molar-refractivity contribution in [2.24, 2.45) is 5.92 Å². The molecule has 0 spiro atoms. The zero-order valence-electron chi connectivity index (χ0n) is 21.3. The fourth-order valence-corrected chi connectivity index (χ4v) is 3.41. The molecular weight excluding hydrogens is 422 g/mol. The van der Waals surface area contributed by atoms with Crippen molar-refractivity contribution >= 4 is 17.9 Å². The first-order valence-corrected chi connectivity index (χ1v) is 11.7. The number of para-hydroxylation sites is 1. The van der Waals surface area contributed by atoms with E-state index in [1.807, 2.05) is 20.8 Å². The second kappa shape index (κ2) is 12.5. The van der Waals surface area contributed by atoms with Gasteiger partial charge in [0.25, 0.3) is 0 Å². The first-order valence-electron chi connectivity index (χ1n) is 11.7. The fraction of sp³-hybridized carbons (Fsp3) is 0.640. The van der Waals surface area contributed by atoms with E-state index >= 15 is 0 Å². The molecule has 1 aromatic rings. The predicted octanol–water partition coefficient (Wildman–Crippen LogP) is 4.14. The summed E-state index contributed by atoms with van der Waals surface area (Å²) in [7, 11) is 0. The Morgan fingerprint density at radius 3 is 2.18 bits per heavy atom. The minimum atomic E-state index is -1.06. The monoisotopic (exact) mass is 463 g/mol. The van der Waals surface area contributed by atoms with Gasteiger partial charge in [0.15, 0.2) is 0 Å². The normalized spacial score (nSPS) is 13.4. The molecule has 0 fully saturated rings. The van der Waals surface area contributed by atoms with Gasteiger partial charge in [-0.1, -0.05) is 45.4 Å². The number of alkyl carbamates (subject to hydrolysis) is 1. The van der Waals surface area contributed by atoms with Crippen molar-refractivity contribution in [2.75, 3.05) is 6.54 Å². The molecule has 0 saturated carbocycles. The quantitative estimate of drug-likeness (QED) is 0.452. The Hall–Kier alpha value is -2.77. The van der Waals surface area contributed by atoms with E-state index in [4.69, 9.17) is 4.74 Å². The number of aromatic hydroxyl groups is 1. The van der Waals surface area contributed by atoms with Gasteiger partial charge in [-0.2, -0.15) is 0 Å². The van der Waals surface area contributed by atoms with E-state index in [9.17, 15) is 19.5 Å². The molecule has 0 bridgehead atoms. The molecule has 0 radical (unpaired) electrons. The third-order valence-corrected chi connectivity index (χ3v) is 5.00. The summed E-state index contributed by atoms with van der Waals surface area (Å²) in [6, 6.07) is 4.13. The molecule has 0 heterocycles. The van der Waals surface area contributed by atoms with Gasteiger partial charge in [-0.05, 0) is 53.0 Å². The molecule has 0 aliphatic carbocycles. The van der Waals surface area contributed by atoms with Gasteiger partial charge in [-0.25, -0.2) is 4.79 Å². The van der Waals surface area contributed by atoms with Gasteiger partial charge in [0.05, 0.1) is 0 Å². The van der Waals surface area contributed by atoms with Crippen LogP contribution in [-0.4, -0.2) is 52.1 Å². The topological polar surface area (TPSA) is 108 Å². The van der Waals surface area contributed by atoms with E-state index in [2.05, 4.69) is 10.6 Å². The van der Waals surface area contributed by atoms with Crippen LogP contribution in [-0.2, 0) is 14.3 Å². The van der Waals surface area contributed by atoms with Crippen molar-refractivity contribution in [1.29, 1.82) is 0 Å². The predicted molar refractivity (Wildman–Crippen MR) is 129 cm³/mol. The minimum absolute atomic E-state index is 0.0761. The third kappa shape index (κ3) is 8.59. The van der Waals surface area contributed by atoms with Crippen LogP contribution < -0.4 is 10.6 Å². The molecule has 0 saturated heterocycles. The average Bonchev–Trinajstić information content (AvgIpc) is 2.68. The summed E-state index contributed by atoms with van der Waals surface area (Å²) in [4.78, 5) is 41.0. The van der Waals surface area contributed by atoms with Crippen molar-refractivity contribution in [3.05, 3.63) is 29.8 Å². The lowest BCUT2D eigenvalue weighted by molar-refractivity contribution is -0.145. The van der Waals surface area contributed by atoms with Gasteiger partial charge < -0.3 is 25.4 Å². The van der Waals surface area contributed by atoms with Crippen LogP contribution in [0.1, 0.15) is 79.8 Å². The maximum Gasteiger partial charge on any atom is 0.408 e. The van der Waals surface area contributed by atoms with Crippen LogP contribution in [0.3, 0.4) is 0 Å². The molecule has 1 rings (SSSR count). The number of amides is 3. The smallest absolute Gasteiger partial charge is 0.408 e. The van der Waals surface area contributed by atoms with Gasteiger partial charge in [0.1, 0.15) is 23.4 Å². The van der Waals surface area contributed by atoms with Crippen molar-refractivity contribution in [1.82, 2.24) is 15.5 Å². The number of ether oxygens (including phenoxy) is 1. The first kappa shape index (κ1) is 28.3. The van der Waals surface area contributed by atoms with Crippen molar-refractivity contribution in [3.63, 3.8) is 0 Å². The number of nitrogens with zero attached hydrogens (tertiary/aromatic N) is 1. The Labute approximate surface area is 198 Å². The summed E-state index contributed by atoms with van der Waals surface area (Å²) >= 11 is 0.